The third kappa shape index (κ3) is 12.1. The second-order valence-electron chi connectivity index (χ2n) is 31.0. The minimum atomic E-state index is -0.286. The highest BCUT2D eigenvalue weighted by Gasteiger charge is 2.30. The van der Waals surface area contributed by atoms with E-state index in [0.717, 1.165) is 176 Å². The Kier molecular flexibility index (Phi) is 16.8. The average molecular weight is 1570 g/mol. The Labute approximate surface area is 698 Å². The summed E-state index contributed by atoms with van der Waals surface area (Å²) in [5.74, 6) is 3.17. The molecule has 572 valence electrons. The highest BCUT2D eigenvalue weighted by molar-refractivity contribution is 6.96. The highest BCUT2D eigenvalue weighted by atomic mass is 15.2. The van der Waals surface area contributed by atoms with Gasteiger partial charge >= 0.3 is 0 Å². The zero-order valence-electron chi connectivity index (χ0n) is 66.1. The monoisotopic (exact) mass is 1570 g/mol. The molecule has 122 heavy (non-hydrogen) atoms. The van der Waals surface area contributed by atoms with Crippen LogP contribution in [-0.2, 0) is 0 Å². The molecular weight excluding hydrogens is 1500 g/mol. The molecule has 13 aromatic carbocycles. The maximum absolute atomic E-state index is 5.43. The normalized spacial score (nSPS) is 11.7. The van der Waals surface area contributed by atoms with Gasteiger partial charge in [-0.15, -0.1) is 0 Å². The van der Waals surface area contributed by atoms with E-state index in [-0.39, 0.29) is 6.71 Å². The number of rotatable bonds is 15. The summed E-state index contributed by atoms with van der Waals surface area (Å²) in [7, 11) is 0. The lowest BCUT2D eigenvalue weighted by molar-refractivity contribution is 0.953. The van der Waals surface area contributed by atoms with Crippen molar-refractivity contribution < 1.29 is 0 Å². The summed E-state index contributed by atoms with van der Waals surface area (Å²) in [5.41, 5.74) is 27.6. The van der Waals surface area contributed by atoms with Crippen LogP contribution < -0.4 is 16.4 Å². The molecular formula is C103H67BN18. The van der Waals surface area contributed by atoms with Crippen LogP contribution in [0.15, 0.2) is 354 Å². The van der Waals surface area contributed by atoms with Gasteiger partial charge in [-0.3, -0.25) is 9.13 Å². The number of aromatic nitrogens is 18. The van der Waals surface area contributed by atoms with Crippen molar-refractivity contribution in [3.63, 3.8) is 0 Å². The minimum Gasteiger partial charge on any atom is -0.309 e. The SMILES string of the molecule is Cc1cc(C)c(B(c2cccc(-n3c4ccc(-c5cncnc5)cc4c4cc5c6cc(-c7cncnc7)ccc6n(-c6nc(-c7ccccc7)nc(-c7ccccc7)n6)c5cc43)c2)c2cccc(-n3c4ccc(-c5cncnc5)cc4c4cc5c6cc(-c7cncnc7)ccc6n(-c6nc(-c7ccccc7)nc(-c7ccccc7)n6)c5cc43)c2)c(C)c1. The van der Waals surface area contributed by atoms with Crippen molar-refractivity contribution in [2.45, 2.75) is 20.8 Å². The molecule has 0 aliphatic carbocycles. The first-order chi connectivity index (χ1) is 60.2. The fourth-order valence-electron chi connectivity index (χ4n) is 18.2. The van der Waals surface area contributed by atoms with Crippen molar-refractivity contribution in [1.82, 2.24) is 88.0 Å². The van der Waals surface area contributed by atoms with Gasteiger partial charge in [-0.05, 0) is 140 Å². The van der Waals surface area contributed by atoms with E-state index in [1.165, 1.54) is 22.2 Å². The molecule has 19 heteroatoms. The minimum absolute atomic E-state index is 0.286. The van der Waals surface area contributed by atoms with Crippen molar-refractivity contribution in [3.8, 4) is 113 Å². The van der Waals surface area contributed by atoms with Gasteiger partial charge in [0.2, 0.25) is 18.6 Å². The van der Waals surface area contributed by atoms with Crippen LogP contribution in [0, 0.1) is 20.8 Å². The van der Waals surface area contributed by atoms with E-state index in [9.17, 15) is 0 Å². The van der Waals surface area contributed by atoms with Gasteiger partial charge in [0.1, 0.15) is 25.3 Å². The van der Waals surface area contributed by atoms with Gasteiger partial charge in [0, 0.05) is 149 Å². The van der Waals surface area contributed by atoms with Crippen molar-refractivity contribution >= 4 is 110 Å². The van der Waals surface area contributed by atoms with Crippen LogP contribution in [0.2, 0.25) is 0 Å². The number of aryl methyl sites for hydroxylation is 3. The second kappa shape index (κ2) is 29.0. The zero-order valence-corrected chi connectivity index (χ0v) is 66.1. The van der Waals surface area contributed by atoms with E-state index in [1.807, 2.05) is 171 Å². The van der Waals surface area contributed by atoms with Crippen molar-refractivity contribution in [2.75, 3.05) is 0 Å². The first-order valence-corrected chi connectivity index (χ1v) is 40.4. The summed E-state index contributed by atoms with van der Waals surface area (Å²) in [6.45, 7) is 6.43. The molecule has 23 aromatic rings. The quantitative estimate of drug-likeness (QED) is 0.0878. The smallest absolute Gasteiger partial charge is 0.242 e. The van der Waals surface area contributed by atoms with E-state index in [4.69, 9.17) is 29.9 Å². The lowest BCUT2D eigenvalue weighted by Gasteiger charge is -2.23. The summed E-state index contributed by atoms with van der Waals surface area (Å²) >= 11 is 0. The van der Waals surface area contributed by atoms with Gasteiger partial charge < -0.3 is 9.13 Å². The van der Waals surface area contributed by atoms with Crippen LogP contribution in [0.4, 0.5) is 0 Å². The van der Waals surface area contributed by atoms with Gasteiger partial charge in [-0.25, -0.2) is 49.8 Å². The Balaban J connectivity index is 0.757. The van der Waals surface area contributed by atoms with Crippen molar-refractivity contribution in [2.24, 2.45) is 0 Å². The number of nitrogens with zero attached hydrogens (tertiary/aromatic N) is 18. The Morgan fingerprint density at radius 3 is 0.795 bits per heavy atom. The van der Waals surface area contributed by atoms with E-state index in [0.29, 0.717) is 35.2 Å². The fourth-order valence-corrected chi connectivity index (χ4v) is 18.2. The predicted octanol–water partition coefficient (Wildman–Crippen LogP) is 20.4. The van der Waals surface area contributed by atoms with E-state index in [1.54, 1.807) is 25.3 Å². The molecule has 18 nitrogen and oxygen atoms in total. The molecule has 0 atom stereocenters. The molecule has 0 fully saturated rings. The van der Waals surface area contributed by atoms with Crippen LogP contribution in [-0.4, -0.2) is 94.8 Å². The zero-order chi connectivity index (χ0) is 81.0. The molecule has 0 aliphatic heterocycles. The Morgan fingerprint density at radius 2 is 0.492 bits per heavy atom. The summed E-state index contributed by atoms with van der Waals surface area (Å²) in [4.78, 5) is 68.0. The number of fused-ring (bicyclic) bond motifs is 12. The van der Waals surface area contributed by atoms with Crippen molar-refractivity contribution in [3.05, 3.63) is 371 Å². The van der Waals surface area contributed by atoms with E-state index >= 15 is 0 Å². The van der Waals surface area contributed by atoms with Gasteiger partial charge in [-0.2, -0.15) is 19.9 Å². The highest BCUT2D eigenvalue weighted by Crippen LogP contribution is 2.45. The molecule has 10 aromatic heterocycles. The summed E-state index contributed by atoms with van der Waals surface area (Å²) < 4.78 is 9.28. The average Bonchev–Trinajstić information content (AvgIpc) is 1.56. The molecule has 23 rings (SSSR count). The molecule has 0 spiro atoms. The first-order valence-electron chi connectivity index (χ1n) is 40.4. The molecule has 0 aliphatic rings. The maximum atomic E-state index is 5.43. The van der Waals surface area contributed by atoms with Gasteiger partial charge in [0.05, 0.1) is 44.1 Å². The predicted molar refractivity (Wildman–Crippen MR) is 488 cm³/mol. The second-order valence-corrected chi connectivity index (χ2v) is 31.0. The standard InChI is InChI=1S/C103H67BN18/c1-62-38-63(2)97(64(3)39-62)104(77-26-16-28-79(44-77)119-89-34-30-69(73-50-105-58-106-51-73)40-81(89)85-46-87-83-42-71(75-54-109-60-110-55-75)32-36-91(83)121(95(87)48-93(85)119)102-115-98(65-18-8-4-9-19-65)113-99(116-102)66-20-10-5-11-21-66)78-27-17-29-80(45-78)120-90-35-31-70(74-52-107-59-108-53-74)41-82(90)86-47-88-84-43-72(76-56-111-61-112-57-76)33-37-92(84)122(96(88)49-94(86)120)103-117-100(67-22-12-6-13-23-67)114-101(118-103)68-24-14-7-15-25-68/h4-61H,1-3H3. The third-order valence-electron chi connectivity index (χ3n) is 23.6. The van der Waals surface area contributed by atoms with Crippen LogP contribution >= 0.6 is 0 Å². The van der Waals surface area contributed by atoms with Gasteiger partial charge in [0.15, 0.2) is 23.3 Å². The van der Waals surface area contributed by atoms with Crippen LogP contribution in [0.25, 0.3) is 201 Å². The lowest BCUT2D eigenvalue weighted by Crippen LogP contribution is -2.54. The van der Waals surface area contributed by atoms with Crippen LogP contribution in [0.1, 0.15) is 16.7 Å². The van der Waals surface area contributed by atoms with Crippen LogP contribution in [0.5, 0.6) is 0 Å². The van der Waals surface area contributed by atoms with Gasteiger partial charge in [0.25, 0.3) is 0 Å². The van der Waals surface area contributed by atoms with E-state index < -0.39 is 0 Å². The maximum Gasteiger partial charge on any atom is 0.242 e. The summed E-state index contributed by atoms with van der Waals surface area (Å²) in [5, 5.41) is 8.22. The molecule has 0 saturated heterocycles. The topological polar surface area (TPSA) is 200 Å². The molecule has 0 unspecified atom stereocenters. The molecule has 0 N–H and O–H groups in total. The molecule has 0 radical (unpaired) electrons. The van der Waals surface area contributed by atoms with Crippen LogP contribution in [0.3, 0.4) is 0 Å². The Bertz CT molecular complexity index is 7500. The number of hydrogen-bond donors (Lipinski definition) is 0. The molecule has 0 amide bonds. The van der Waals surface area contributed by atoms with Crippen molar-refractivity contribution in [1.29, 1.82) is 0 Å². The summed E-state index contributed by atoms with van der Waals surface area (Å²) in [6.07, 6.45) is 21.2. The lowest BCUT2D eigenvalue weighted by atomic mass is 9.35. The first kappa shape index (κ1) is 70.8. The summed E-state index contributed by atoms with van der Waals surface area (Å²) in [6, 6.07) is 99.5. The fraction of sp³-hybridized carbons (Fsp3) is 0.0291. The number of hydrogen-bond acceptors (Lipinski definition) is 14. The number of benzene rings is 13. The third-order valence-corrected chi connectivity index (χ3v) is 23.6. The molecule has 0 bridgehead atoms. The van der Waals surface area contributed by atoms with Gasteiger partial charge in [-0.1, -0.05) is 215 Å². The Hall–Kier alpha value is -16.5. The molecule has 0 saturated carbocycles. The van der Waals surface area contributed by atoms with E-state index in [2.05, 4.69) is 237 Å². The largest absolute Gasteiger partial charge is 0.309 e. The molecule has 10 heterocycles. The Morgan fingerprint density at radius 1 is 0.213 bits per heavy atom.